The number of rotatable bonds is 3. The molecule has 0 aliphatic rings. The van der Waals surface area contributed by atoms with E-state index in [1.165, 1.54) is 7.11 Å². The normalized spacial score (nSPS) is 9.31. The van der Waals surface area contributed by atoms with Gasteiger partial charge in [-0.05, 0) is 12.1 Å². The number of carbonyl (C=O) groups excluding carboxylic acids is 1. The molecular formula is C9H12N2O2. The van der Waals surface area contributed by atoms with Crippen molar-refractivity contribution in [2.24, 2.45) is 0 Å². The number of amides is 2. The molecule has 0 spiro atoms. The second-order valence-corrected chi connectivity index (χ2v) is 2.43. The number of hydrogen-bond donors (Lipinski definition) is 2. The van der Waals surface area contributed by atoms with Crippen LogP contribution in [0.1, 0.15) is 0 Å². The van der Waals surface area contributed by atoms with Crippen molar-refractivity contribution in [2.45, 2.75) is 0 Å². The van der Waals surface area contributed by atoms with Crippen LogP contribution in [0.4, 0.5) is 10.5 Å². The van der Waals surface area contributed by atoms with Gasteiger partial charge >= 0.3 is 6.03 Å². The monoisotopic (exact) mass is 180 g/mol. The second-order valence-electron chi connectivity index (χ2n) is 2.43. The Kier molecular flexibility index (Phi) is 3.78. The highest BCUT2D eigenvalue weighted by atomic mass is 16.5. The van der Waals surface area contributed by atoms with Crippen LogP contribution in [0.25, 0.3) is 0 Å². The molecule has 2 N–H and O–H groups in total. The first kappa shape index (κ1) is 9.54. The molecule has 13 heavy (non-hydrogen) atoms. The average Bonchev–Trinajstić information content (AvgIpc) is 2.16. The smallest absolute Gasteiger partial charge is 0.321 e. The third-order valence-electron chi connectivity index (χ3n) is 1.41. The number of benzene rings is 1. The zero-order valence-corrected chi connectivity index (χ0v) is 7.41. The van der Waals surface area contributed by atoms with E-state index in [4.69, 9.17) is 0 Å². The van der Waals surface area contributed by atoms with Gasteiger partial charge in [0, 0.05) is 12.8 Å². The SMILES string of the molecule is COCNC(=O)Nc1ccccc1. The lowest BCUT2D eigenvalue weighted by Gasteiger charge is -2.05. The lowest BCUT2D eigenvalue weighted by atomic mass is 10.3. The number of ether oxygens (including phenoxy) is 1. The lowest BCUT2D eigenvalue weighted by Crippen LogP contribution is -2.30. The van der Waals surface area contributed by atoms with Gasteiger partial charge in [-0.15, -0.1) is 0 Å². The van der Waals surface area contributed by atoms with Gasteiger partial charge in [0.25, 0.3) is 0 Å². The molecule has 1 aromatic rings. The highest BCUT2D eigenvalue weighted by Crippen LogP contribution is 2.03. The van der Waals surface area contributed by atoms with Crippen LogP contribution in [-0.2, 0) is 4.74 Å². The molecule has 1 aromatic carbocycles. The maximum Gasteiger partial charge on any atom is 0.321 e. The number of carbonyl (C=O) groups is 1. The molecule has 2 amide bonds. The molecule has 0 heterocycles. The van der Waals surface area contributed by atoms with E-state index in [2.05, 4.69) is 15.4 Å². The van der Waals surface area contributed by atoms with Gasteiger partial charge in [-0.25, -0.2) is 4.79 Å². The fraction of sp³-hybridized carbons (Fsp3) is 0.222. The summed E-state index contributed by atoms with van der Waals surface area (Å²) in [6.45, 7) is 0.207. The first-order valence-corrected chi connectivity index (χ1v) is 3.92. The summed E-state index contributed by atoms with van der Waals surface area (Å²) < 4.78 is 4.68. The van der Waals surface area contributed by atoms with Crippen LogP contribution in [0.3, 0.4) is 0 Å². The van der Waals surface area contributed by atoms with E-state index >= 15 is 0 Å². The molecule has 0 radical (unpaired) electrons. The van der Waals surface area contributed by atoms with Gasteiger partial charge in [0.15, 0.2) is 0 Å². The van der Waals surface area contributed by atoms with Crippen molar-refractivity contribution >= 4 is 11.7 Å². The molecule has 0 aliphatic carbocycles. The van der Waals surface area contributed by atoms with Gasteiger partial charge in [0.1, 0.15) is 6.73 Å². The zero-order valence-electron chi connectivity index (χ0n) is 7.41. The Hall–Kier alpha value is -1.55. The molecule has 0 saturated carbocycles. The second kappa shape index (κ2) is 5.16. The number of para-hydroxylation sites is 1. The van der Waals surface area contributed by atoms with Gasteiger partial charge in [-0.2, -0.15) is 0 Å². The Morgan fingerprint density at radius 3 is 2.69 bits per heavy atom. The van der Waals surface area contributed by atoms with Crippen molar-refractivity contribution in [2.75, 3.05) is 19.2 Å². The average molecular weight is 180 g/mol. The summed E-state index contributed by atoms with van der Waals surface area (Å²) in [6.07, 6.45) is 0. The predicted octanol–water partition coefficient (Wildman–Crippen LogP) is 1.41. The van der Waals surface area contributed by atoms with Gasteiger partial charge < -0.3 is 15.4 Å². The molecular weight excluding hydrogens is 168 g/mol. The number of nitrogens with one attached hydrogen (secondary N) is 2. The summed E-state index contributed by atoms with van der Waals surface area (Å²) in [5.74, 6) is 0. The van der Waals surface area contributed by atoms with Crippen molar-refractivity contribution < 1.29 is 9.53 Å². The van der Waals surface area contributed by atoms with Gasteiger partial charge in [-0.3, -0.25) is 0 Å². The first-order valence-electron chi connectivity index (χ1n) is 3.92. The molecule has 0 saturated heterocycles. The van der Waals surface area contributed by atoms with Gasteiger partial charge in [-0.1, -0.05) is 18.2 Å². The van der Waals surface area contributed by atoms with E-state index in [0.29, 0.717) is 0 Å². The minimum absolute atomic E-state index is 0.207. The Morgan fingerprint density at radius 2 is 2.08 bits per heavy atom. The van der Waals surface area contributed by atoms with Crippen LogP contribution in [0.15, 0.2) is 30.3 Å². The van der Waals surface area contributed by atoms with Crippen molar-refractivity contribution in [3.63, 3.8) is 0 Å². The Bertz CT molecular complexity index is 262. The number of methoxy groups -OCH3 is 1. The summed E-state index contributed by atoms with van der Waals surface area (Å²) in [5, 5.41) is 5.16. The molecule has 0 fully saturated rings. The molecule has 0 aliphatic heterocycles. The summed E-state index contributed by atoms with van der Waals surface area (Å²) in [7, 11) is 1.52. The Morgan fingerprint density at radius 1 is 1.38 bits per heavy atom. The summed E-state index contributed by atoms with van der Waals surface area (Å²) in [6, 6.07) is 8.95. The molecule has 4 heteroatoms. The third kappa shape index (κ3) is 3.57. The van der Waals surface area contributed by atoms with Crippen LogP contribution in [0, 0.1) is 0 Å². The summed E-state index contributed by atoms with van der Waals surface area (Å²) >= 11 is 0. The fourth-order valence-corrected chi connectivity index (χ4v) is 0.834. The molecule has 0 bridgehead atoms. The van der Waals surface area contributed by atoms with Crippen LogP contribution in [-0.4, -0.2) is 19.9 Å². The number of anilines is 1. The van der Waals surface area contributed by atoms with Crippen molar-refractivity contribution in [1.29, 1.82) is 0 Å². The predicted molar refractivity (Wildman–Crippen MR) is 50.5 cm³/mol. The topological polar surface area (TPSA) is 50.4 Å². The van der Waals surface area contributed by atoms with E-state index < -0.39 is 0 Å². The standard InChI is InChI=1S/C9H12N2O2/c1-13-7-10-9(12)11-8-5-3-2-4-6-8/h2-6H,7H2,1H3,(H2,10,11,12). The minimum Gasteiger partial charge on any atom is -0.364 e. The lowest BCUT2D eigenvalue weighted by molar-refractivity contribution is 0.177. The van der Waals surface area contributed by atoms with E-state index in [9.17, 15) is 4.79 Å². The highest BCUT2D eigenvalue weighted by Gasteiger charge is 1.97. The van der Waals surface area contributed by atoms with Crippen LogP contribution >= 0.6 is 0 Å². The molecule has 0 atom stereocenters. The molecule has 0 unspecified atom stereocenters. The van der Waals surface area contributed by atoms with Crippen molar-refractivity contribution in [1.82, 2.24) is 5.32 Å². The van der Waals surface area contributed by atoms with Gasteiger partial charge in [0.05, 0.1) is 0 Å². The largest absolute Gasteiger partial charge is 0.364 e. The minimum atomic E-state index is -0.270. The summed E-state index contributed by atoms with van der Waals surface area (Å²) in [4.78, 5) is 11.1. The number of urea groups is 1. The van der Waals surface area contributed by atoms with Gasteiger partial charge in [0.2, 0.25) is 0 Å². The Labute approximate surface area is 76.9 Å². The Balaban J connectivity index is 2.37. The van der Waals surface area contributed by atoms with E-state index in [1.54, 1.807) is 0 Å². The summed E-state index contributed by atoms with van der Waals surface area (Å²) in [5.41, 5.74) is 0.760. The van der Waals surface area contributed by atoms with Crippen LogP contribution in [0.2, 0.25) is 0 Å². The van der Waals surface area contributed by atoms with Crippen LogP contribution < -0.4 is 10.6 Å². The van der Waals surface area contributed by atoms with E-state index in [1.807, 2.05) is 30.3 Å². The molecule has 4 nitrogen and oxygen atoms in total. The zero-order chi connectivity index (χ0) is 9.52. The van der Waals surface area contributed by atoms with E-state index in [0.717, 1.165) is 5.69 Å². The van der Waals surface area contributed by atoms with Crippen LogP contribution in [0.5, 0.6) is 0 Å². The molecule has 70 valence electrons. The number of hydrogen-bond acceptors (Lipinski definition) is 2. The first-order chi connectivity index (χ1) is 6.33. The maximum atomic E-state index is 11.1. The highest BCUT2D eigenvalue weighted by molar-refractivity contribution is 5.88. The quantitative estimate of drug-likeness (QED) is 0.691. The fourth-order valence-electron chi connectivity index (χ4n) is 0.834. The maximum absolute atomic E-state index is 11.1. The van der Waals surface area contributed by atoms with Crippen molar-refractivity contribution in [3.05, 3.63) is 30.3 Å². The van der Waals surface area contributed by atoms with E-state index in [-0.39, 0.29) is 12.8 Å². The third-order valence-corrected chi connectivity index (χ3v) is 1.41. The molecule has 1 rings (SSSR count). The van der Waals surface area contributed by atoms with Crippen molar-refractivity contribution in [3.8, 4) is 0 Å². The molecule has 0 aromatic heterocycles.